The van der Waals surface area contributed by atoms with Crippen LogP contribution >= 0.6 is 0 Å². The Bertz CT molecular complexity index is 1040. The number of halogens is 1. The van der Waals surface area contributed by atoms with E-state index in [1.54, 1.807) is 30.3 Å². The van der Waals surface area contributed by atoms with E-state index in [1.807, 2.05) is 0 Å². The smallest absolute Gasteiger partial charge is 0.349 e. The number of carbonyl (C=O) groups excluding carboxylic acids is 3. The maximum absolute atomic E-state index is 13.9. The van der Waals surface area contributed by atoms with Gasteiger partial charge in [-0.25, -0.2) is 9.18 Å². The molecule has 0 radical (unpaired) electrons. The van der Waals surface area contributed by atoms with E-state index in [1.165, 1.54) is 23.1 Å². The van der Waals surface area contributed by atoms with Gasteiger partial charge in [-0.1, -0.05) is 36.4 Å². The summed E-state index contributed by atoms with van der Waals surface area (Å²) in [6, 6.07) is 12.0. The SMILES string of the molecule is CC(=O)O[C@@H](C(=O)O)[C@@H](OC(C)=O)C(=O)N1Cc2ccccc2[C@@H]1c1cccc(F)c1. The predicted octanol–water partition coefficient (Wildman–Crippen LogP) is 2.21. The van der Waals surface area contributed by atoms with Gasteiger partial charge in [0, 0.05) is 20.4 Å². The number of ether oxygens (including phenoxy) is 2. The maximum atomic E-state index is 13.9. The largest absolute Gasteiger partial charge is 0.478 e. The van der Waals surface area contributed by atoms with Crippen LogP contribution < -0.4 is 0 Å². The van der Waals surface area contributed by atoms with Gasteiger partial charge < -0.3 is 19.5 Å². The molecule has 3 rings (SSSR count). The van der Waals surface area contributed by atoms with Gasteiger partial charge in [0.1, 0.15) is 5.82 Å². The van der Waals surface area contributed by atoms with Crippen LogP contribution in [0.5, 0.6) is 0 Å². The van der Waals surface area contributed by atoms with Crippen molar-refractivity contribution in [2.45, 2.75) is 38.6 Å². The molecule has 9 heteroatoms. The molecular formula is C22H20FNO7. The molecule has 0 saturated heterocycles. The molecule has 31 heavy (non-hydrogen) atoms. The van der Waals surface area contributed by atoms with Gasteiger partial charge in [-0.15, -0.1) is 0 Å². The van der Waals surface area contributed by atoms with E-state index in [0.717, 1.165) is 25.0 Å². The minimum atomic E-state index is -2.04. The Kier molecular flexibility index (Phi) is 6.33. The highest BCUT2D eigenvalue weighted by atomic mass is 19.1. The molecule has 0 aliphatic carbocycles. The van der Waals surface area contributed by atoms with Crippen LogP contribution in [0.15, 0.2) is 48.5 Å². The number of aliphatic carboxylic acids is 1. The number of esters is 2. The number of benzene rings is 2. The van der Waals surface area contributed by atoms with Crippen LogP contribution in [0.25, 0.3) is 0 Å². The van der Waals surface area contributed by atoms with E-state index < -0.39 is 47.9 Å². The van der Waals surface area contributed by atoms with Crippen molar-refractivity contribution < 1.29 is 38.1 Å². The Morgan fingerprint density at radius 2 is 1.65 bits per heavy atom. The zero-order chi connectivity index (χ0) is 22.7. The molecule has 0 spiro atoms. The Hall–Kier alpha value is -3.75. The number of rotatable bonds is 6. The van der Waals surface area contributed by atoms with Gasteiger partial charge >= 0.3 is 17.9 Å². The number of carboxylic acid groups (broad SMARTS) is 1. The second kappa shape index (κ2) is 8.95. The second-order valence-electron chi connectivity index (χ2n) is 7.02. The maximum Gasteiger partial charge on any atom is 0.349 e. The number of fused-ring (bicyclic) bond motifs is 1. The van der Waals surface area contributed by atoms with E-state index in [2.05, 4.69) is 0 Å². The van der Waals surface area contributed by atoms with Crippen molar-refractivity contribution in [2.24, 2.45) is 0 Å². The summed E-state index contributed by atoms with van der Waals surface area (Å²) < 4.78 is 23.7. The van der Waals surface area contributed by atoms with E-state index in [0.29, 0.717) is 5.56 Å². The minimum Gasteiger partial charge on any atom is -0.478 e. The molecule has 2 aromatic carbocycles. The Balaban J connectivity index is 2.06. The Labute approximate surface area is 177 Å². The summed E-state index contributed by atoms with van der Waals surface area (Å²) in [6.45, 7) is 2.06. The average Bonchev–Trinajstić information content (AvgIpc) is 3.09. The molecule has 0 unspecified atom stereocenters. The third kappa shape index (κ3) is 4.71. The summed E-state index contributed by atoms with van der Waals surface area (Å²) in [4.78, 5) is 49.5. The number of nitrogens with zero attached hydrogens (tertiary/aromatic N) is 1. The van der Waals surface area contributed by atoms with Crippen LogP contribution in [0.4, 0.5) is 4.39 Å². The fourth-order valence-corrected chi connectivity index (χ4v) is 3.63. The van der Waals surface area contributed by atoms with E-state index in [-0.39, 0.29) is 6.54 Å². The highest BCUT2D eigenvalue weighted by Crippen LogP contribution is 2.39. The van der Waals surface area contributed by atoms with Crippen LogP contribution in [-0.4, -0.2) is 46.0 Å². The minimum absolute atomic E-state index is 0.0698. The lowest BCUT2D eigenvalue weighted by atomic mass is 9.97. The van der Waals surface area contributed by atoms with Gasteiger partial charge in [0.2, 0.25) is 12.2 Å². The van der Waals surface area contributed by atoms with Crippen molar-refractivity contribution in [2.75, 3.05) is 0 Å². The lowest BCUT2D eigenvalue weighted by Gasteiger charge is -2.31. The van der Waals surface area contributed by atoms with Gasteiger partial charge in [-0.05, 0) is 28.8 Å². The Morgan fingerprint density at radius 3 is 2.26 bits per heavy atom. The van der Waals surface area contributed by atoms with Crippen LogP contribution in [0.2, 0.25) is 0 Å². The number of carbonyl (C=O) groups is 4. The molecule has 3 atom stereocenters. The van der Waals surface area contributed by atoms with Gasteiger partial charge in [0.15, 0.2) is 0 Å². The number of amides is 1. The fraction of sp³-hybridized carbons (Fsp3) is 0.273. The average molecular weight is 429 g/mol. The molecular weight excluding hydrogens is 409 g/mol. The summed E-state index contributed by atoms with van der Waals surface area (Å²) >= 11 is 0. The molecule has 0 saturated carbocycles. The highest BCUT2D eigenvalue weighted by molar-refractivity contribution is 5.91. The van der Waals surface area contributed by atoms with Crippen molar-refractivity contribution in [3.63, 3.8) is 0 Å². The summed E-state index contributed by atoms with van der Waals surface area (Å²) in [5, 5.41) is 9.50. The molecule has 8 nitrogen and oxygen atoms in total. The van der Waals surface area contributed by atoms with Crippen molar-refractivity contribution in [1.82, 2.24) is 4.90 Å². The molecule has 0 bridgehead atoms. The lowest BCUT2D eigenvalue weighted by molar-refractivity contribution is -0.184. The number of hydrogen-bond donors (Lipinski definition) is 1. The van der Waals surface area contributed by atoms with Crippen molar-refractivity contribution >= 4 is 23.8 Å². The zero-order valence-electron chi connectivity index (χ0n) is 16.8. The van der Waals surface area contributed by atoms with Crippen LogP contribution in [0.3, 0.4) is 0 Å². The summed E-state index contributed by atoms with van der Waals surface area (Å²) in [5.41, 5.74) is 1.95. The first-order valence-electron chi connectivity index (χ1n) is 9.40. The van der Waals surface area contributed by atoms with Gasteiger partial charge in [0.25, 0.3) is 5.91 Å². The van der Waals surface area contributed by atoms with Crippen molar-refractivity contribution in [1.29, 1.82) is 0 Å². The first kappa shape index (κ1) is 21.9. The van der Waals surface area contributed by atoms with E-state index >= 15 is 0 Å². The van der Waals surface area contributed by atoms with Crippen LogP contribution in [0, 0.1) is 5.82 Å². The predicted molar refractivity (Wildman–Crippen MR) is 104 cm³/mol. The lowest BCUT2D eigenvalue weighted by Crippen LogP contribution is -2.51. The normalized spacial score (nSPS) is 16.7. The molecule has 1 aliphatic rings. The zero-order valence-corrected chi connectivity index (χ0v) is 16.8. The van der Waals surface area contributed by atoms with E-state index in [4.69, 9.17) is 9.47 Å². The number of carboxylic acids is 1. The molecule has 1 amide bonds. The van der Waals surface area contributed by atoms with Crippen LogP contribution in [-0.2, 0) is 35.2 Å². The van der Waals surface area contributed by atoms with Gasteiger partial charge in [-0.3, -0.25) is 14.4 Å². The van der Waals surface area contributed by atoms with E-state index in [9.17, 15) is 28.7 Å². The fourth-order valence-electron chi connectivity index (χ4n) is 3.63. The third-order valence-electron chi connectivity index (χ3n) is 4.80. The van der Waals surface area contributed by atoms with Gasteiger partial charge in [0.05, 0.1) is 6.04 Å². The molecule has 1 N–H and O–H groups in total. The molecule has 2 aromatic rings. The van der Waals surface area contributed by atoms with Crippen LogP contribution in [0.1, 0.15) is 36.6 Å². The topological polar surface area (TPSA) is 110 Å². The standard InChI is InChI=1S/C22H20FNO7/c1-12(25)30-19(20(22(28)29)31-13(2)26)21(27)24-11-15-6-3-4-9-17(15)18(24)14-7-5-8-16(23)10-14/h3-10,18-20H,11H2,1-2H3,(H,28,29)/t18-,19+,20+/m0/s1. The molecule has 0 fully saturated rings. The van der Waals surface area contributed by atoms with Crippen molar-refractivity contribution in [3.8, 4) is 0 Å². The van der Waals surface area contributed by atoms with Crippen molar-refractivity contribution in [3.05, 3.63) is 71.0 Å². The molecule has 1 aliphatic heterocycles. The number of hydrogen-bond acceptors (Lipinski definition) is 6. The summed E-state index contributed by atoms with van der Waals surface area (Å²) in [5.74, 6) is -4.91. The second-order valence-corrected chi connectivity index (χ2v) is 7.02. The molecule has 162 valence electrons. The molecule has 1 heterocycles. The first-order valence-corrected chi connectivity index (χ1v) is 9.40. The quantitative estimate of drug-likeness (QED) is 0.701. The highest BCUT2D eigenvalue weighted by Gasteiger charge is 2.45. The summed E-state index contributed by atoms with van der Waals surface area (Å²) in [6.07, 6.45) is -3.95. The van der Waals surface area contributed by atoms with Gasteiger partial charge in [-0.2, -0.15) is 0 Å². The summed E-state index contributed by atoms with van der Waals surface area (Å²) in [7, 11) is 0. The third-order valence-corrected chi connectivity index (χ3v) is 4.80. The first-order chi connectivity index (χ1) is 14.7. The monoisotopic (exact) mass is 429 g/mol. The molecule has 0 aromatic heterocycles. The Morgan fingerprint density at radius 1 is 1.00 bits per heavy atom.